The quantitative estimate of drug-likeness (QED) is 0.734. The van der Waals surface area contributed by atoms with Crippen molar-refractivity contribution in [1.82, 2.24) is 15.0 Å². The van der Waals surface area contributed by atoms with Crippen LogP contribution >= 0.6 is 0 Å². The van der Waals surface area contributed by atoms with Crippen molar-refractivity contribution < 1.29 is 4.79 Å². The fourth-order valence-corrected chi connectivity index (χ4v) is 2.27. The molecule has 0 bridgehead atoms. The molecular weight excluding hydrogens is 262 g/mol. The zero-order valence-corrected chi connectivity index (χ0v) is 13.0. The minimum Gasteiger partial charge on any atom is -0.296 e. The van der Waals surface area contributed by atoms with Gasteiger partial charge in [0.1, 0.15) is 5.69 Å². The SMILES string of the molecule is Cc1ccc(CCc2c(C=O)nnn2CCC(C)C)cc1. The first-order chi connectivity index (χ1) is 10.1. The van der Waals surface area contributed by atoms with Crippen molar-refractivity contribution in [1.29, 1.82) is 0 Å². The largest absolute Gasteiger partial charge is 0.296 e. The molecule has 4 nitrogen and oxygen atoms in total. The average Bonchev–Trinajstić information content (AvgIpc) is 2.86. The van der Waals surface area contributed by atoms with E-state index in [0.29, 0.717) is 11.6 Å². The molecule has 0 saturated carbocycles. The molecule has 0 atom stereocenters. The fourth-order valence-electron chi connectivity index (χ4n) is 2.27. The number of rotatable bonds is 7. The monoisotopic (exact) mass is 285 g/mol. The van der Waals surface area contributed by atoms with Crippen LogP contribution in [0.1, 0.15) is 47.6 Å². The zero-order chi connectivity index (χ0) is 15.2. The molecule has 0 N–H and O–H groups in total. The first-order valence-corrected chi connectivity index (χ1v) is 7.53. The van der Waals surface area contributed by atoms with Crippen LogP contribution in [0.15, 0.2) is 24.3 Å². The maximum absolute atomic E-state index is 11.1. The summed E-state index contributed by atoms with van der Waals surface area (Å²) in [5.74, 6) is 0.610. The van der Waals surface area contributed by atoms with E-state index in [4.69, 9.17) is 0 Å². The molecule has 4 heteroatoms. The molecule has 0 spiro atoms. The Morgan fingerprint density at radius 3 is 2.52 bits per heavy atom. The molecule has 1 aromatic heterocycles. The molecule has 0 aliphatic heterocycles. The lowest BCUT2D eigenvalue weighted by atomic mass is 10.1. The molecular formula is C17H23N3O. The van der Waals surface area contributed by atoms with E-state index < -0.39 is 0 Å². The van der Waals surface area contributed by atoms with E-state index in [0.717, 1.165) is 37.8 Å². The normalized spacial score (nSPS) is 11.0. The van der Waals surface area contributed by atoms with E-state index in [1.807, 2.05) is 4.68 Å². The first kappa shape index (κ1) is 15.4. The summed E-state index contributed by atoms with van der Waals surface area (Å²) in [5, 5.41) is 8.10. The third kappa shape index (κ3) is 4.25. The summed E-state index contributed by atoms with van der Waals surface area (Å²) in [7, 11) is 0. The predicted molar refractivity (Wildman–Crippen MR) is 83.5 cm³/mol. The maximum atomic E-state index is 11.1. The van der Waals surface area contributed by atoms with Gasteiger partial charge in [-0.3, -0.25) is 4.79 Å². The highest BCUT2D eigenvalue weighted by Gasteiger charge is 2.12. The molecule has 1 heterocycles. The number of carbonyl (C=O) groups excluding carboxylic acids is 1. The van der Waals surface area contributed by atoms with Gasteiger partial charge in [-0.1, -0.05) is 48.9 Å². The van der Waals surface area contributed by atoms with Crippen molar-refractivity contribution in [3.05, 3.63) is 46.8 Å². The molecule has 2 aromatic rings. The van der Waals surface area contributed by atoms with Gasteiger partial charge in [0, 0.05) is 6.54 Å². The van der Waals surface area contributed by atoms with Gasteiger partial charge >= 0.3 is 0 Å². The second-order valence-corrected chi connectivity index (χ2v) is 5.93. The van der Waals surface area contributed by atoms with E-state index in [-0.39, 0.29) is 0 Å². The lowest BCUT2D eigenvalue weighted by molar-refractivity contribution is 0.111. The van der Waals surface area contributed by atoms with Crippen molar-refractivity contribution >= 4 is 6.29 Å². The topological polar surface area (TPSA) is 47.8 Å². The lowest BCUT2D eigenvalue weighted by Crippen LogP contribution is -2.09. The van der Waals surface area contributed by atoms with E-state index >= 15 is 0 Å². The Kier molecular flexibility index (Phi) is 5.26. The number of aryl methyl sites for hydroxylation is 3. The van der Waals surface area contributed by atoms with E-state index in [2.05, 4.69) is 55.3 Å². The van der Waals surface area contributed by atoms with E-state index in [1.54, 1.807) is 0 Å². The van der Waals surface area contributed by atoms with Gasteiger partial charge in [-0.25, -0.2) is 4.68 Å². The highest BCUT2D eigenvalue weighted by atomic mass is 16.1. The van der Waals surface area contributed by atoms with Crippen molar-refractivity contribution in [3.63, 3.8) is 0 Å². The van der Waals surface area contributed by atoms with Crippen molar-refractivity contribution in [2.75, 3.05) is 0 Å². The summed E-state index contributed by atoms with van der Waals surface area (Å²) in [6.45, 7) is 7.27. The van der Waals surface area contributed by atoms with Gasteiger partial charge < -0.3 is 0 Å². The molecule has 0 unspecified atom stereocenters. The Morgan fingerprint density at radius 2 is 1.90 bits per heavy atom. The highest BCUT2D eigenvalue weighted by molar-refractivity contribution is 5.73. The summed E-state index contributed by atoms with van der Waals surface area (Å²) in [4.78, 5) is 11.1. The standard InChI is InChI=1S/C17H23N3O/c1-13(2)10-11-20-17(16(12-21)18-19-20)9-8-15-6-4-14(3)5-7-15/h4-7,12-13H,8-11H2,1-3H3. The van der Waals surface area contributed by atoms with Crippen LogP contribution in [-0.4, -0.2) is 21.3 Å². The van der Waals surface area contributed by atoms with Crippen molar-refractivity contribution in [3.8, 4) is 0 Å². The fraction of sp³-hybridized carbons (Fsp3) is 0.471. The zero-order valence-electron chi connectivity index (χ0n) is 13.0. The average molecular weight is 285 g/mol. The summed E-state index contributed by atoms with van der Waals surface area (Å²) in [6.07, 6.45) is 3.54. The number of carbonyl (C=O) groups is 1. The summed E-state index contributed by atoms with van der Waals surface area (Å²) in [6, 6.07) is 8.50. The second-order valence-electron chi connectivity index (χ2n) is 5.93. The summed E-state index contributed by atoms with van der Waals surface area (Å²) >= 11 is 0. The van der Waals surface area contributed by atoms with Crippen LogP contribution in [0.3, 0.4) is 0 Å². The minimum absolute atomic E-state index is 0.478. The van der Waals surface area contributed by atoms with Crippen molar-refractivity contribution in [2.24, 2.45) is 5.92 Å². The van der Waals surface area contributed by atoms with Gasteiger partial charge in [0.25, 0.3) is 0 Å². The third-order valence-corrected chi connectivity index (χ3v) is 3.67. The van der Waals surface area contributed by atoms with Crippen molar-refractivity contribution in [2.45, 2.75) is 46.6 Å². The van der Waals surface area contributed by atoms with Crippen LogP contribution in [0.5, 0.6) is 0 Å². The smallest absolute Gasteiger partial charge is 0.172 e. The Labute approximate surface area is 126 Å². The molecule has 0 fully saturated rings. The summed E-state index contributed by atoms with van der Waals surface area (Å²) < 4.78 is 1.89. The van der Waals surface area contributed by atoms with Crippen LogP contribution in [0, 0.1) is 12.8 Å². The number of hydrogen-bond acceptors (Lipinski definition) is 3. The van der Waals surface area contributed by atoms with Crippen LogP contribution < -0.4 is 0 Å². The molecule has 0 amide bonds. The van der Waals surface area contributed by atoms with Gasteiger partial charge in [-0.2, -0.15) is 0 Å². The van der Waals surface area contributed by atoms with Crippen LogP contribution in [0.4, 0.5) is 0 Å². The molecule has 0 aliphatic carbocycles. The van der Waals surface area contributed by atoms with Gasteiger partial charge in [-0.05, 0) is 37.7 Å². The molecule has 2 rings (SSSR count). The second kappa shape index (κ2) is 7.16. The van der Waals surface area contributed by atoms with Crippen LogP contribution in [0.25, 0.3) is 0 Å². The number of aromatic nitrogens is 3. The number of hydrogen-bond donors (Lipinski definition) is 0. The van der Waals surface area contributed by atoms with E-state index in [9.17, 15) is 4.79 Å². The van der Waals surface area contributed by atoms with Gasteiger partial charge in [0.05, 0.1) is 5.69 Å². The molecule has 0 radical (unpaired) electrons. The Hall–Kier alpha value is -1.97. The maximum Gasteiger partial charge on any atom is 0.172 e. The number of benzene rings is 1. The molecule has 0 aliphatic rings. The van der Waals surface area contributed by atoms with Gasteiger partial charge in [0.2, 0.25) is 0 Å². The van der Waals surface area contributed by atoms with E-state index in [1.165, 1.54) is 11.1 Å². The molecule has 112 valence electrons. The molecule has 21 heavy (non-hydrogen) atoms. The lowest BCUT2D eigenvalue weighted by Gasteiger charge is -2.09. The Bertz CT molecular complexity index is 585. The first-order valence-electron chi connectivity index (χ1n) is 7.53. The third-order valence-electron chi connectivity index (χ3n) is 3.67. The summed E-state index contributed by atoms with van der Waals surface area (Å²) in [5.41, 5.74) is 3.96. The highest BCUT2D eigenvalue weighted by Crippen LogP contribution is 2.12. The Morgan fingerprint density at radius 1 is 1.19 bits per heavy atom. The molecule has 0 saturated heterocycles. The predicted octanol–water partition coefficient (Wildman–Crippen LogP) is 3.23. The Balaban J connectivity index is 2.08. The van der Waals surface area contributed by atoms with Crippen LogP contribution in [-0.2, 0) is 19.4 Å². The van der Waals surface area contributed by atoms with Gasteiger partial charge in [-0.15, -0.1) is 5.10 Å². The minimum atomic E-state index is 0.478. The van der Waals surface area contributed by atoms with Gasteiger partial charge in [0.15, 0.2) is 6.29 Å². The number of aldehydes is 1. The molecule has 1 aromatic carbocycles. The van der Waals surface area contributed by atoms with Crippen LogP contribution in [0.2, 0.25) is 0 Å². The number of nitrogens with zero attached hydrogens (tertiary/aromatic N) is 3.